The smallest absolute Gasteiger partial charge is 0.247 e. The summed E-state index contributed by atoms with van der Waals surface area (Å²) >= 11 is 0. The quantitative estimate of drug-likeness (QED) is 0.748. The van der Waals surface area contributed by atoms with Gasteiger partial charge in [-0.15, -0.1) is 5.10 Å². The minimum atomic E-state index is -0.727. The maximum Gasteiger partial charge on any atom is 0.247 e. The van der Waals surface area contributed by atoms with Crippen LogP contribution >= 0.6 is 0 Å². The maximum absolute atomic E-state index is 13.7. The Morgan fingerprint density at radius 1 is 1.32 bits per heavy atom. The molecule has 0 spiro atoms. The van der Waals surface area contributed by atoms with E-state index in [0.717, 1.165) is 12.1 Å². The molecule has 0 saturated heterocycles. The lowest BCUT2D eigenvalue weighted by molar-refractivity contribution is -0.117. The minimum Gasteiger partial charge on any atom is -0.308 e. The Balaban J connectivity index is 1.75. The number of amides is 1. The molecule has 3 rings (SSSR count). The van der Waals surface area contributed by atoms with Crippen molar-refractivity contribution < 1.29 is 13.6 Å². The highest BCUT2D eigenvalue weighted by molar-refractivity contribution is 5.90. The average Bonchev–Trinajstić information content (AvgIpc) is 3.11. The van der Waals surface area contributed by atoms with Crippen molar-refractivity contribution in [1.29, 1.82) is 0 Å². The second-order valence-corrected chi connectivity index (χ2v) is 4.32. The number of aromatic amines is 1. The number of tetrazole rings is 1. The van der Waals surface area contributed by atoms with Crippen LogP contribution in [0.4, 0.5) is 14.6 Å². The topological polar surface area (TPSA) is 101 Å². The SMILES string of the molecule is O=C(Cn1cnnn1)Nc1cc(-c2c(F)cccc2F)[nH]n1. The molecule has 1 amide bonds. The van der Waals surface area contributed by atoms with Crippen LogP contribution in [0.5, 0.6) is 0 Å². The Kier molecular flexibility index (Phi) is 3.56. The van der Waals surface area contributed by atoms with E-state index in [9.17, 15) is 13.6 Å². The van der Waals surface area contributed by atoms with Gasteiger partial charge in [0, 0.05) is 6.07 Å². The van der Waals surface area contributed by atoms with Crippen LogP contribution in [0, 0.1) is 11.6 Å². The monoisotopic (exact) mass is 305 g/mol. The molecule has 112 valence electrons. The molecule has 0 fully saturated rings. The van der Waals surface area contributed by atoms with E-state index in [2.05, 4.69) is 31.0 Å². The van der Waals surface area contributed by atoms with E-state index in [-0.39, 0.29) is 23.6 Å². The highest BCUT2D eigenvalue weighted by Gasteiger charge is 2.14. The van der Waals surface area contributed by atoms with E-state index in [1.807, 2.05) is 0 Å². The van der Waals surface area contributed by atoms with Gasteiger partial charge in [0.1, 0.15) is 24.5 Å². The summed E-state index contributed by atoms with van der Waals surface area (Å²) < 4.78 is 28.5. The fourth-order valence-electron chi connectivity index (χ4n) is 1.85. The van der Waals surface area contributed by atoms with Gasteiger partial charge in [-0.1, -0.05) is 6.07 Å². The molecule has 2 N–H and O–H groups in total. The van der Waals surface area contributed by atoms with E-state index in [0.29, 0.717) is 0 Å². The standard InChI is InChI=1S/C12H9F2N7O/c13-7-2-1-3-8(14)12(7)9-4-10(18-17-9)16-11(22)5-21-6-15-19-20-21/h1-4,6H,5H2,(H2,16,17,18,22). The molecule has 10 heteroatoms. The molecule has 2 aromatic heterocycles. The fraction of sp³-hybridized carbons (Fsp3) is 0.0833. The van der Waals surface area contributed by atoms with Gasteiger partial charge in [-0.25, -0.2) is 13.5 Å². The van der Waals surface area contributed by atoms with Gasteiger partial charge in [-0.05, 0) is 22.6 Å². The molecule has 0 atom stereocenters. The summed E-state index contributed by atoms with van der Waals surface area (Å²) in [5.74, 6) is -1.75. The van der Waals surface area contributed by atoms with E-state index in [4.69, 9.17) is 0 Å². The van der Waals surface area contributed by atoms with Gasteiger partial charge in [-0.2, -0.15) is 5.10 Å². The van der Waals surface area contributed by atoms with Crippen LogP contribution in [0.2, 0.25) is 0 Å². The van der Waals surface area contributed by atoms with Crippen molar-refractivity contribution in [3.8, 4) is 11.3 Å². The third-order valence-corrected chi connectivity index (χ3v) is 2.77. The van der Waals surface area contributed by atoms with Gasteiger partial charge in [0.05, 0.1) is 11.3 Å². The summed E-state index contributed by atoms with van der Waals surface area (Å²) in [5, 5.41) is 19.1. The van der Waals surface area contributed by atoms with Crippen LogP contribution < -0.4 is 5.32 Å². The first-order chi connectivity index (χ1) is 10.6. The second kappa shape index (κ2) is 5.68. The molecular formula is C12H9F2N7O. The molecule has 0 bridgehead atoms. The van der Waals surface area contributed by atoms with E-state index < -0.39 is 17.5 Å². The number of H-pyrrole nitrogens is 1. The third kappa shape index (κ3) is 2.80. The van der Waals surface area contributed by atoms with E-state index in [1.54, 1.807) is 0 Å². The van der Waals surface area contributed by atoms with Crippen molar-refractivity contribution in [3.05, 3.63) is 42.2 Å². The molecule has 1 aromatic carbocycles. The van der Waals surface area contributed by atoms with Gasteiger partial charge >= 0.3 is 0 Å². The zero-order chi connectivity index (χ0) is 15.5. The van der Waals surface area contributed by atoms with Crippen molar-refractivity contribution in [2.75, 3.05) is 5.32 Å². The predicted molar refractivity (Wildman–Crippen MR) is 70.4 cm³/mol. The number of hydrogen-bond acceptors (Lipinski definition) is 5. The Morgan fingerprint density at radius 2 is 2.09 bits per heavy atom. The summed E-state index contributed by atoms with van der Waals surface area (Å²) in [7, 11) is 0. The number of aromatic nitrogens is 6. The average molecular weight is 305 g/mol. The summed E-state index contributed by atoms with van der Waals surface area (Å²) in [5.41, 5.74) is -0.121. The maximum atomic E-state index is 13.7. The first-order valence-corrected chi connectivity index (χ1v) is 6.14. The number of benzene rings is 1. The molecule has 3 aromatic rings. The number of hydrogen-bond donors (Lipinski definition) is 2. The summed E-state index contributed by atoms with van der Waals surface area (Å²) in [6.45, 7) is -0.108. The summed E-state index contributed by atoms with van der Waals surface area (Å²) in [6, 6.07) is 4.86. The Morgan fingerprint density at radius 3 is 2.77 bits per heavy atom. The highest BCUT2D eigenvalue weighted by Crippen LogP contribution is 2.25. The number of nitrogens with zero attached hydrogens (tertiary/aromatic N) is 5. The molecular weight excluding hydrogens is 296 g/mol. The molecule has 2 heterocycles. The normalized spacial score (nSPS) is 10.6. The van der Waals surface area contributed by atoms with Crippen LogP contribution in [0.25, 0.3) is 11.3 Å². The van der Waals surface area contributed by atoms with Crippen molar-refractivity contribution in [3.63, 3.8) is 0 Å². The van der Waals surface area contributed by atoms with Crippen molar-refractivity contribution in [2.45, 2.75) is 6.54 Å². The van der Waals surface area contributed by atoms with Gasteiger partial charge in [0.2, 0.25) is 5.91 Å². The molecule has 0 radical (unpaired) electrons. The van der Waals surface area contributed by atoms with Crippen LogP contribution in [0.3, 0.4) is 0 Å². The van der Waals surface area contributed by atoms with Gasteiger partial charge < -0.3 is 5.32 Å². The molecule has 22 heavy (non-hydrogen) atoms. The van der Waals surface area contributed by atoms with Crippen LogP contribution in [-0.4, -0.2) is 36.3 Å². The lowest BCUT2D eigenvalue weighted by atomic mass is 10.1. The zero-order valence-corrected chi connectivity index (χ0v) is 11.0. The number of nitrogens with one attached hydrogen (secondary N) is 2. The Bertz CT molecular complexity index is 779. The lowest BCUT2D eigenvalue weighted by Crippen LogP contribution is -2.19. The fourth-order valence-corrected chi connectivity index (χ4v) is 1.85. The van der Waals surface area contributed by atoms with Gasteiger partial charge in [0.25, 0.3) is 0 Å². The number of carbonyl (C=O) groups excluding carboxylic acids is 1. The molecule has 0 aliphatic rings. The Labute approximate surface area is 122 Å². The van der Waals surface area contributed by atoms with Crippen molar-refractivity contribution in [2.24, 2.45) is 0 Å². The zero-order valence-electron chi connectivity index (χ0n) is 11.0. The number of carbonyl (C=O) groups is 1. The van der Waals surface area contributed by atoms with Crippen molar-refractivity contribution >= 4 is 11.7 Å². The number of halogens is 2. The molecule has 0 aliphatic carbocycles. The third-order valence-electron chi connectivity index (χ3n) is 2.77. The van der Waals surface area contributed by atoms with Gasteiger partial charge in [-0.3, -0.25) is 9.89 Å². The second-order valence-electron chi connectivity index (χ2n) is 4.32. The molecule has 0 saturated carbocycles. The van der Waals surface area contributed by atoms with E-state index in [1.165, 1.54) is 23.1 Å². The van der Waals surface area contributed by atoms with Crippen molar-refractivity contribution in [1.82, 2.24) is 30.4 Å². The Hall–Kier alpha value is -3.17. The minimum absolute atomic E-state index is 0.108. The summed E-state index contributed by atoms with van der Waals surface area (Å²) in [4.78, 5) is 11.7. The van der Waals surface area contributed by atoms with Crippen LogP contribution in [-0.2, 0) is 11.3 Å². The molecule has 0 unspecified atom stereocenters. The van der Waals surface area contributed by atoms with Crippen LogP contribution in [0.15, 0.2) is 30.6 Å². The largest absolute Gasteiger partial charge is 0.308 e. The lowest BCUT2D eigenvalue weighted by Gasteiger charge is -2.01. The first-order valence-electron chi connectivity index (χ1n) is 6.14. The van der Waals surface area contributed by atoms with Crippen LogP contribution in [0.1, 0.15) is 0 Å². The first kappa shape index (κ1) is 13.8. The number of anilines is 1. The molecule has 0 aliphatic heterocycles. The summed E-state index contributed by atoms with van der Waals surface area (Å²) in [6.07, 6.45) is 1.28. The number of rotatable bonds is 4. The van der Waals surface area contributed by atoms with E-state index >= 15 is 0 Å². The van der Waals surface area contributed by atoms with Gasteiger partial charge in [0.15, 0.2) is 5.82 Å². The highest BCUT2D eigenvalue weighted by atomic mass is 19.1. The molecule has 8 nitrogen and oxygen atoms in total. The predicted octanol–water partition coefficient (Wildman–Crippen LogP) is 0.980.